The smallest absolute Gasteiger partial charge is 0.381 e. The fourth-order valence-corrected chi connectivity index (χ4v) is 3.17. The maximum Gasteiger partial charge on any atom is 0.451 e. The van der Waals surface area contributed by atoms with Gasteiger partial charge in [-0.25, -0.2) is 0 Å². The maximum atomic E-state index is 12.8. The first-order valence-corrected chi connectivity index (χ1v) is 7.02. The van der Waals surface area contributed by atoms with E-state index in [1.165, 1.54) is 0 Å². The van der Waals surface area contributed by atoms with Crippen molar-refractivity contribution in [2.24, 2.45) is 11.7 Å². The van der Waals surface area contributed by atoms with Crippen molar-refractivity contribution in [1.82, 2.24) is 19.7 Å². The summed E-state index contributed by atoms with van der Waals surface area (Å²) in [6.45, 7) is 2.96. The SMILES string of the molecule is NCC(C1CCOC1)N1CCn2c(nnc2C(F)(F)F)C1. The molecule has 2 unspecified atom stereocenters. The lowest BCUT2D eigenvalue weighted by Gasteiger charge is -2.36. The third-order valence-corrected chi connectivity index (χ3v) is 4.26. The lowest BCUT2D eigenvalue weighted by atomic mass is 9.97. The summed E-state index contributed by atoms with van der Waals surface area (Å²) in [7, 11) is 0. The van der Waals surface area contributed by atoms with Crippen molar-refractivity contribution in [3.63, 3.8) is 0 Å². The van der Waals surface area contributed by atoms with Crippen LogP contribution >= 0.6 is 0 Å². The molecule has 1 saturated heterocycles. The number of alkyl halides is 3. The first kappa shape index (κ1) is 14.7. The molecule has 6 nitrogen and oxygen atoms in total. The normalized spacial score (nSPS) is 25.0. The number of aromatic nitrogens is 3. The van der Waals surface area contributed by atoms with E-state index in [1.54, 1.807) is 0 Å². The summed E-state index contributed by atoms with van der Waals surface area (Å²) in [5, 5.41) is 6.99. The number of fused-ring (bicyclic) bond motifs is 1. The van der Waals surface area contributed by atoms with E-state index in [9.17, 15) is 13.2 Å². The van der Waals surface area contributed by atoms with E-state index < -0.39 is 12.0 Å². The van der Waals surface area contributed by atoms with Gasteiger partial charge in [0.05, 0.1) is 13.2 Å². The topological polar surface area (TPSA) is 69.2 Å². The molecule has 9 heteroatoms. The lowest BCUT2D eigenvalue weighted by Crippen LogP contribution is -2.49. The lowest BCUT2D eigenvalue weighted by molar-refractivity contribution is -0.148. The summed E-state index contributed by atoms with van der Waals surface area (Å²) in [6, 6.07) is 0.118. The molecule has 3 heterocycles. The molecule has 2 N–H and O–H groups in total. The van der Waals surface area contributed by atoms with Crippen LogP contribution in [0.1, 0.15) is 18.1 Å². The Balaban J connectivity index is 1.76. The summed E-state index contributed by atoms with van der Waals surface area (Å²) in [5.41, 5.74) is 5.86. The molecule has 0 aromatic carbocycles. The number of nitrogens with zero attached hydrogens (tertiary/aromatic N) is 4. The summed E-state index contributed by atoms with van der Waals surface area (Å²) in [6.07, 6.45) is -3.52. The molecule has 0 amide bonds. The second kappa shape index (κ2) is 5.54. The van der Waals surface area contributed by atoms with Gasteiger partial charge in [-0.1, -0.05) is 0 Å². The van der Waals surface area contributed by atoms with E-state index in [4.69, 9.17) is 10.5 Å². The van der Waals surface area contributed by atoms with E-state index in [2.05, 4.69) is 15.1 Å². The Hall–Kier alpha value is -1.19. The predicted molar refractivity (Wildman–Crippen MR) is 67.2 cm³/mol. The molecule has 2 atom stereocenters. The predicted octanol–water partition coefficient (Wildman–Crippen LogP) is 0.476. The molecule has 1 fully saturated rings. The molecule has 0 aliphatic carbocycles. The monoisotopic (exact) mass is 305 g/mol. The minimum Gasteiger partial charge on any atom is -0.381 e. The van der Waals surface area contributed by atoms with E-state index in [0.717, 1.165) is 17.6 Å². The molecule has 118 valence electrons. The van der Waals surface area contributed by atoms with Gasteiger partial charge in [0, 0.05) is 38.2 Å². The molecule has 0 spiro atoms. The number of nitrogens with two attached hydrogens (primary N) is 1. The highest BCUT2D eigenvalue weighted by Gasteiger charge is 2.40. The standard InChI is InChI=1S/C12H18F3N5O/c13-12(14,15)11-18-17-10-6-19(2-3-20(10)11)9(5-16)8-1-4-21-7-8/h8-9H,1-7,16H2. The number of hydrogen-bond donors (Lipinski definition) is 1. The zero-order valence-corrected chi connectivity index (χ0v) is 11.5. The van der Waals surface area contributed by atoms with Crippen molar-refractivity contribution in [3.8, 4) is 0 Å². The van der Waals surface area contributed by atoms with Crippen LogP contribution in [0.25, 0.3) is 0 Å². The highest BCUT2D eigenvalue weighted by molar-refractivity contribution is 5.03. The molecule has 0 saturated carbocycles. The second-order valence-electron chi connectivity index (χ2n) is 5.49. The van der Waals surface area contributed by atoms with Crippen LogP contribution in [0.5, 0.6) is 0 Å². The van der Waals surface area contributed by atoms with Gasteiger partial charge in [-0.05, 0) is 6.42 Å². The summed E-state index contributed by atoms with van der Waals surface area (Å²) in [5.74, 6) is -0.219. The third kappa shape index (κ3) is 2.77. The fourth-order valence-electron chi connectivity index (χ4n) is 3.17. The molecule has 1 aromatic heterocycles. The third-order valence-electron chi connectivity index (χ3n) is 4.26. The van der Waals surface area contributed by atoms with Crippen LogP contribution in [0, 0.1) is 5.92 Å². The van der Waals surface area contributed by atoms with Gasteiger partial charge in [0.25, 0.3) is 0 Å². The Morgan fingerprint density at radius 2 is 2.14 bits per heavy atom. The van der Waals surface area contributed by atoms with Crippen LogP contribution in [0.4, 0.5) is 13.2 Å². The van der Waals surface area contributed by atoms with Crippen molar-refractivity contribution in [1.29, 1.82) is 0 Å². The average Bonchev–Trinajstić information content (AvgIpc) is 3.06. The maximum absolute atomic E-state index is 12.8. The van der Waals surface area contributed by atoms with Crippen LogP contribution in [0.2, 0.25) is 0 Å². The zero-order chi connectivity index (χ0) is 15.0. The van der Waals surface area contributed by atoms with Crippen LogP contribution in [0.15, 0.2) is 0 Å². The Kier molecular flexibility index (Phi) is 3.89. The van der Waals surface area contributed by atoms with Gasteiger partial charge in [-0.3, -0.25) is 4.90 Å². The van der Waals surface area contributed by atoms with E-state index in [1.807, 2.05) is 0 Å². The molecular formula is C12H18F3N5O. The molecule has 2 aliphatic heterocycles. The first-order valence-electron chi connectivity index (χ1n) is 7.02. The molecule has 3 rings (SSSR count). The number of ether oxygens (including phenoxy) is 1. The number of halogens is 3. The van der Waals surface area contributed by atoms with Gasteiger partial charge >= 0.3 is 6.18 Å². The Labute approximate surface area is 120 Å². The van der Waals surface area contributed by atoms with Crippen molar-refractivity contribution in [2.45, 2.75) is 31.7 Å². The van der Waals surface area contributed by atoms with Gasteiger partial charge < -0.3 is 15.0 Å². The molecule has 21 heavy (non-hydrogen) atoms. The fraction of sp³-hybridized carbons (Fsp3) is 0.833. The van der Waals surface area contributed by atoms with E-state index in [-0.39, 0.29) is 12.6 Å². The second-order valence-corrected chi connectivity index (χ2v) is 5.49. The number of rotatable bonds is 3. The van der Waals surface area contributed by atoms with Crippen molar-refractivity contribution >= 4 is 0 Å². The van der Waals surface area contributed by atoms with Crippen molar-refractivity contribution < 1.29 is 17.9 Å². The largest absolute Gasteiger partial charge is 0.451 e. The van der Waals surface area contributed by atoms with Crippen molar-refractivity contribution in [2.75, 3.05) is 26.3 Å². The van der Waals surface area contributed by atoms with Crippen LogP contribution in [-0.4, -0.2) is 52.0 Å². The molecule has 2 aliphatic rings. The molecule has 1 aromatic rings. The zero-order valence-electron chi connectivity index (χ0n) is 11.5. The summed E-state index contributed by atoms with van der Waals surface area (Å²) < 4.78 is 45.0. The van der Waals surface area contributed by atoms with Crippen LogP contribution < -0.4 is 5.73 Å². The average molecular weight is 305 g/mol. The minimum atomic E-state index is -4.46. The number of hydrogen-bond acceptors (Lipinski definition) is 5. The summed E-state index contributed by atoms with van der Waals surface area (Å²) in [4.78, 5) is 2.10. The van der Waals surface area contributed by atoms with Gasteiger partial charge in [-0.15, -0.1) is 10.2 Å². The summed E-state index contributed by atoms with van der Waals surface area (Å²) >= 11 is 0. The van der Waals surface area contributed by atoms with Gasteiger partial charge in [0.15, 0.2) is 0 Å². The molecule has 0 bridgehead atoms. The van der Waals surface area contributed by atoms with Gasteiger partial charge in [-0.2, -0.15) is 13.2 Å². The minimum absolute atomic E-state index is 0.118. The highest BCUT2D eigenvalue weighted by atomic mass is 19.4. The Morgan fingerprint density at radius 3 is 2.76 bits per heavy atom. The van der Waals surface area contributed by atoms with Gasteiger partial charge in [0.2, 0.25) is 5.82 Å². The molecular weight excluding hydrogens is 287 g/mol. The van der Waals surface area contributed by atoms with Crippen LogP contribution in [-0.2, 0) is 24.0 Å². The molecule has 0 radical (unpaired) electrons. The first-order chi connectivity index (χ1) is 10.0. The highest BCUT2D eigenvalue weighted by Crippen LogP contribution is 2.30. The van der Waals surface area contributed by atoms with Crippen molar-refractivity contribution in [3.05, 3.63) is 11.6 Å². The van der Waals surface area contributed by atoms with E-state index in [0.29, 0.717) is 38.0 Å². The van der Waals surface area contributed by atoms with E-state index >= 15 is 0 Å². The van der Waals surface area contributed by atoms with Gasteiger partial charge in [0.1, 0.15) is 5.82 Å². The Morgan fingerprint density at radius 1 is 1.33 bits per heavy atom. The quantitative estimate of drug-likeness (QED) is 0.879. The van der Waals surface area contributed by atoms with Crippen LogP contribution in [0.3, 0.4) is 0 Å². The Bertz CT molecular complexity index is 498.